The van der Waals surface area contributed by atoms with Gasteiger partial charge in [0.25, 0.3) is 21.6 Å². The third-order valence-corrected chi connectivity index (χ3v) is 5.53. The number of anilines is 3. The van der Waals surface area contributed by atoms with E-state index in [4.69, 9.17) is 5.73 Å². The summed E-state index contributed by atoms with van der Waals surface area (Å²) in [6.45, 7) is 0. The van der Waals surface area contributed by atoms with Gasteiger partial charge >= 0.3 is 6.03 Å². The Morgan fingerprint density at radius 3 is 2.12 bits per heavy atom. The minimum absolute atomic E-state index is 0.0106. The Labute approximate surface area is 182 Å². The molecule has 0 heterocycles. The van der Waals surface area contributed by atoms with Gasteiger partial charge in [0, 0.05) is 23.5 Å². The number of para-hydroxylation sites is 1. The first-order chi connectivity index (χ1) is 15.2. The molecule has 32 heavy (non-hydrogen) atoms. The molecule has 0 aromatic heterocycles. The Morgan fingerprint density at radius 2 is 1.50 bits per heavy atom. The smallest absolute Gasteiger partial charge is 0.316 e. The maximum Gasteiger partial charge on any atom is 0.316 e. The highest BCUT2D eigenvalue weighted by atomic mass is 32.2. The van der Waals surface area contributed by atoms with Gasteiger partial charge in [-0.05, 0) is 42.5 Å². The first-order valence-corrected chi connectivity index (χ1v) is 10.5. The van der Waals surface area contributed by atoms with Crippen LogP contribution in [0.2, 0.25) is 0 Å². The van der Waals surface area contributed by atoms with Gasteiger partial charge in [-0.3, -0.25) is 19.6 Å². The van der Waals surface area contributed by atoms with Gasteiger partial charge in [-0.15, -0.1) is 0 Å². The van der Waals surface area contributed by atoms with Crippen LogP contribution in [0.15, 0.2) is 77.7 Å². The second-order valence-corrected chi connectivity index (χ2v) is 8.11. The van der Waals surface area contributed by atoms with Crippen LogP contribution >= 0.6 is 0 Å². The van der Waals surface area contributed by atoms with Gasteiger partial charge in [0.15, 0.2) is 0 Å². The number of carbonyl (C=O) groups is 2. The zero-order valence-electron chi connectivity index (χ0n) is 16.3. The minimum atomic E-state index is -4.20. The van der Waals surface area contributed by atoms with Crippen LogP contribution in [0.5, 0.6) is 0 Å². The molecule has 11 nitrogen and oxygen atoms in total. The summed E-state index contributed by atoms with van der Waals surface area (Å²) in [5, 5.41) is 15.9. The van der Waals surface area contributed by atoms with Crippen molar-refractivity contribution >= 4 is 44.7 Å². The topological polar surface area (TPSA) is 174 Å². The zero-order chi connectivity index (χ0) is 23.3. The number of hydrogen-bond acceptors (Lipinski definition) is 6. The van der Waals surface area contributed by atoms with E-state index in [2.05, 4.69) is 15.4 Å². The van der Waals surface area contributed by atoms with E-state index in [0.717, 1.165) is 6.07 Å². The molecule has 0 radical (unpaired) electrons. The molecule has 0 unspecified atom stereocenters. The summed E-state index contributed by atoms with van der Waals surface area (Å²) in [4.78, 5) is 33.5. The quantitative estimate of drug-likeness (QED) is 0.314. The highest BCUT2D eigenvalue weighted by molar-refractivity contribution is 7.92. The van der Waals surface area contributed by atoms with Crippen LogP contribution in [-0.4, -0.2) is 25.3 Å². The number of nitro groups is 1. The summed E-state index contributed by atoms with van der Waals surface area (Å²) < 4.78 is 27.7. The van der Waals surface area contributed by atoms with Crippen LogP contribution in [0.3, 0.4) is 0 Å². The lowest BCUT2D eigenvalue weighted by atomic mass is 10.1. The molecule has 0 aliphatic heterocycles. The summed E-state index contributed by atoms with van der Waals surface area (Å²) in [5.74, 6) is -0.599. The lowest BCUT2D eigenvalue weighted by Crippen LogP contribution is -2.19. The maximum absolute atomic E-state index is 12.7. The van der Waals surface area contributed by atoms with Crippen LogP contribution in [0.25, 0.3) is 0 Å². The first-order valence-electron chi connectivity index (χ1n) is 9.00. The summed E-state index contributed by atoms with van der Waals surface area (Å²) in [6, 6.07) is 15.8. The third kappa shape index (κ3) is 5.37. The highest BCUT2D eigenvalue weighted by Crippen LogP contribution is 2.24. The van der Waals surface area contributed by atoms with Crippen LogP contribution in [-0.2, 0) is 10.0 Å². The van der Waals surface area contributed by atoms with Gasteiger partial charge in [-0.25, -0.2) is 13.2 Å². The molecule has 0 saturated heterocycles. The Kier molecular flexibility index (Phi) is 6.35. The highest BCUT2D eigenvalue weighted by Gasteiger charge is 2.21. The molecule has 0 saturated carbocycles. The lowest BCUT2D eigenvalue weighted by Gasteiger charge is -2.13. The molecule has 0 fully saturated rings. The largest absolute Gasteiger partial charge is 0.351 e. The van der Waals surface area contributed by atoms with Crippen molar-refractivity contribution in [2.45, 2.75) is 4.90 Å². The van der Waals surface area contributed by atoms with Gasteiger partial charge in [-0.2, -0.15) is 0 Å². The number of nitrogens with zero attached hydrogens (tertiary/aromatic N) is 1. The summed E-state index contributed by atoms with van der Waals surface area (Å²) in [6.07, 6.45) is 0. The number of sulfonamides is 1. The van der Waals surface area contributed by atoms with E-state index in [9.17, 15) is 28.1 Å². The van der Waals surface area contributed by atoms with Crippen molar-refractivity contribution in [2.24, 2.45) is 5.73 Å². The third-order valence-electron chi connectivity index (χ3n) is 4.17. The normalized spacial score (nSPS) is 10.8. The Hall–Kier alpha value is -4.45. The van der Waals surface area contributed by atoms with Crippen molar-refractivity contribution < 1.29 is 22.9 Å². The molecule has 3 aromatic rings. The van der Waals surface area contributed by atoms with Crippen LogP contribution in [0.1, 0.15) is 10.4 Å². The zero-order valence-corrected chi connectivity index (χ0v) is 17.1. The number of nitrogens with one attached hydrogen (secondary N) is 3. The first kappa shape index (κ1) is 22.2. The second-order valence-electron chi connectivity index (χ2n) is 6.43. The monoisotopic (exact) mass is 455 g/mol. The van der Waals surface area contributed by atoms with Crippen molar-refractivity contribution in [1.82, 2.24) is 0 Å². The fourth-order valence-electron chi connectivity index (χ4n) is 2.72. The molecule has 0 atom stereocenters. The molecule has 3 aromatic carbocycles. The van der Waals surface area contributed by atoms with E-state index in [1.165, 1.54) is 60.7 Å². The van der Waals surface area contributed by atoms with E-state index < -0.39 is 26.9 Å². The molecular formula is C20H17N5O6S. The number of amides is 3. The van der Waals surface area contributed by atoms with E-state index in [-0.39, 0.29) is 21.8 Å². The van der Waals surface area contributed by atoms with Gasteiger partial charge in [0.1, 0.15) is 0 Å². The van der Waals surface area contributed by atoms with Crippen molar-refractivity contribution in [3.8, 4) is 0 Å². The average molecular weight is 455 g/mol. The molecule has 0 aliphatic rings. The Balaban J connectivity index is 1.82. The summed E-state index contributed by atoms with van der Waals surface area (Å²) in [7, 11) is -4.20. The fraction of sp³-hybridized carbons (Fsp3) is 0. The van der Waals surface area contributed by atoms with Gasteiger partial charge < -0.3 is 16.4 Å². The van der Waals surface area contributed by atoms with Crippen molar-refractivity contribution in [3.63, 3.8) is 0 Å². The molecule has 3 amide bonds. The minimum Gasteiger partial charge on any atom is -0.351 e. The lowest BCUT2D eigenvalue weighted by molar-refractivity contribution is -0.385. The van der Waals surface area contributed by atoms with E-state index in [1.807, 2.05) is 0 Å². The number of benzene rings is 3. The number of carbonyl (C=O) groups excluding carboxylic acids is 2. The predicted molar refractivity (Wildman–Crippen MR) is 118 cm³/mol. The van der Waals surface area contributed by atoms with Crippen molar-refractivity contribution in [1.29, 1.82) is 0 Å². The summed E-state index contributed by atoms with van der Waals surface area (Å²) in [5.41, 5.74) is 5.50. The number of urea groups is 1. The van der Waals surface area contributed by atoms with E-state index in [0.29, 0.717) is 11.4 Å². The summed E-state index contributed by atoms with van der Waals surface area (Å²) >= 11 is 0. The van der Waals surface area contributed by atoms with Crippen LogP contribution in [0.4, 0.5) is 27.5 Å². The predicted octanol–water partition coefficient (Wildman–Crippen LogP) is 3.14. The fourth-order valence-corrected chi connectivity index (χ4v) is 3.83. The standard InChI is InChI=1S/C20H17N5O6S/c21-20(27)23-14-10-8-13(9-11-14)22-19(26)17-6-1-2-7-18(17)24-32(30,31)16-5-3-4-15(12-16)25(28)29/h1-12,24H,(H,22,26)(H3,21,23,27). The van der Waals surface area contributed by atoms with Crippen molar-refractivity contribution in [2.75, 3.05) is 15.4 Å². The van der Waals surface area contributed by atoms with E-state index in [1.54, 1.807) is 6.07 Å². The van der Waals surface area contributed by atoms with Gasteiger partial charge in [0.2, 0.25) is 0 Å². The molecule has 0 spiro atoms. The molecule has 5 N–H and O–H groups in total. The van der Waals surface area contributed by atoms with Gasteiger partial charge in [0.05, 0.1) is 21.1 Å². The second kappa shape index (κ2) is 9.14. The van der Waals surface area contributed by atoms with Gasteiger partial charge in [-0.1, -0.05) is 18.2 Å². The van der Waals surface area contributed by atoms with E-state index >= 15 is 0 Å². The van der Waals surface area contributed by atoms with Crippen LogP contribution < -0.4 is 21.1 Å². The van der Waals surface area contributed by atoms with Crippen LogP contribution in [0, 0.1) is 10.1 Å². The molecule has 0 aliphatic carbocycles. The number of hydrogen-bond donors (Lipinski definition) is 4. The molecular weight excluding hydrogens is 438 g/mol. The Morgan fingerprint density at radius 1 is 0.875 bits per heavy atom. The Bertz CT molecular complexity index is 1290. The molecule has 3 rings (SSSR count). The maximum atomic E-state index is 12.7. The average Bonchev–Trinajstić information content (AvgIpc) is 2.75. The molecule has 164 valence electrons. The number of nitrogens with two attached hydrogens (primary N) is 1. The molecule has 0 bridgehead atoms. The molecule has 12 heteroatoms. The number of primary amides is 1. The number of non-ortho nitro benzene ring substituents is 1. The number of rotatable bonds is 7. The SMILES string of the molecule is NC(=O)Nc1ccc(NC(=O)c2ccccc2NS(=O)(=O)c2cccc([N+](=O)[O-])c2)cc1. The van der Waals surface area contributed by atoms with Crippen molar-refractivity contribution in [3.05, 3.63) is 88.5 Å². The number of nitro benzene ring substituents is 1.